The zero-order chi connectivity index (χ0) is 23.0. The van der Waals surface area contributed by atoms with Gasteiger partial charge in [0.15, 0.2) is 5.13 Å². The van der Waals surface area contributed by atoms with Gasteiger partial charge in [-0.25, -0.2) is 4.98 Å². The van der Waals surface area contributed by atoms with E-state index in [9.17, 15) is 34.9 Å². The van der Waals surface area contributed by atoms with Crippen LogP contribution in [-0.2, 0) is 9.59 Å². The van der Waals surface area contributed by atoms with Crippen molar-refractivity contribution < 1.29 is 24.5 Å². The third-order valence-corrected chi connectivity index (χ3v) is 5.62. The Bertz CT molecular complexity index is 1290. The molecule has 1 N–H and O–H groups in total. The Morgan fingerprint density at radius 2 is 1.72 bits per heavy atom. The largest absolute Gasteiger partial charge is 0.507 e. The lowest BCUT2D eigenvalue weighted by molar-refractivity contribution is -0.385. The molecule has 1 fully saturated rings. The Morgan fingerprint density at radius 1 is 1.03 bits per heavy atom. The van der Waals surface area contributed by atoms with E-state index in [1.54, 1.807) is 5.38 Å². The highest BCUT2D eigenvalue weighted by Gasteiger charge is 2.49. The lowest BCUT2D eigenvalue weighted by Gasteiger charge is -2.22. The average molecular weight is 452 g/mol. The molecule has 1 saturated heterocycles. The van der Waals surface area contributed by atoms with Crippen LogP contribution in [0.2, 0.25) is 0 Å². The summed E-state index contributed by atoms with van der Waals surface area (Å²) in [6.07, 6.45) is 1.41. The fourth-order valence-electron chi connectivity index (χ4n) is 3.44. The van der Waals surface area contributed by atoms with Crippen LogP contribution in [0.3, 0.4) is 0 Å². The number of anilines is 1. The number of carbonyl (C=O) groups excluding carboxylic acids is 2. The third kappa shape index (κ3) is 3.37. The molecular formula is C20H12N4O7S. The summed E-state index contributed by atoms with van der Waals surface area (Å²) in [6, 6.07) is 8.95. The maximum absolute atomic E-state index is 13.0. The van der Waals surface area contributed by atoms with Crippen LogP contribution in [0.15, 0.2) is 65.7 Å². The molecule has 12 heteroatoms. The van der Waals surface area contributed by atoms with Crippen LogP contribution in [0.1, 0.15) is 17.2 Å². The Labute approximate surface area is 183 Å². The highest BCUT2D eigenvalue weighted by atomic mass is 32.1. The predicted octanol–water partition coefficient (Wildman–Crippen LogP) is 3.59. The number of hydrogen-bond donors (Lipinski definition) is 1. The number of rotatable bonds is 5. The van der Waals surface area contributed by atoms with Gasteiger partial charge in [-0.15, -0.1) is 11.3 Å². The Kier molecular flexibility index (Phi) is 5.20. The van der Waals surface area contributed by atoms with Crippen molar-refractivity contribution in [1.29, 1.82) is 0 Å². The first-order valence-electron chi connectivity index (χ1n) is 9.00. The normalized spacial score (nSPS) is 17.5. The minimum Gasteiger partial charge on any atom is -0.507 e. The molecule has 2 aromatic carbocycles. The number of hydrogen-bond acceptors (Lipinski definition) is 9. The SMILES string of the molecule is O=C1C(=O)N(c2nccs2)[C@H](c2ccccc2[N+](=O)[O-])C1=C(O)c1ccc([N+](=O)[O-])cc1. The second-order valence-electron chi connectivity index (χ2n) is 6.60. The van der Waals surface area contributed by atoms with Crippen LogP contribution in [-0.4, -0.2) is 31.6 Å². The number of ketones is 1. The number of nitrogens with zero attached hydrogens (tertiary/aromatic N) is 4. The summed E-state index contributed by atoms with van der Waals surface area (Å²) >= 11 is 1.05. The van der Waals surface area contributed by atoms with Crippen LogP contribution in [0.5, 0.6) is 0 Å². The quantitative estimate of drug-likeness (QED) is 0.202. The van der Waals surface area contributed by atoms with Gasteiger partial charge in [0, 0.05) is 35.3 Å². The standard InChI is InChI=1S/C20H12N4O7S/c25-17(11-5-7-12(8-6-11)23(28)29)15-16(13-3-1-2-4-14(13)24(30)31)22(19(27)18(15)26)20-21-9-10-32-20/h1-10,16,25H/t16-/m1/s1. The highest BCUT2D eigenvalue weighted by molar-refractivity contribution is 7.14. The molecule has 2 heterocycles. The molecule has 3 aromatic rings. The predicted molar refractivity (Wildman–Crippen MR) is 113 cm³/mol. The molecule has 11 nitrogen and oxygen atoms in total. The van der Waals surface area contributed by atoms with Crippen molar-refractivity contribution >= 4 is 45.3 Å². The van der Waals surface area contributed by atoms with Crippen molar-refractivity contribution in [1.82, 2.24) is 4.98 Å². The number of Topliss-reactive ketones (excluding diaryl/α,β-unsaturated/α-hetero) is 1. The van der Waals surface area contributed by atoms with Gasteiger partial charge in [0.25, 0.3) is 17.2 Å². The van der Waals surface area contributed by atoms with Gasteiger partial charge in [-0.3, -0.25) is 34.7 Å². The monoisotopic (exact) mass is 452 g/mol. The van der Waals surface area contributed by atoms with E-state index < -0.39 is 33.3 Å². The van der Waals surface area contributed by atoms with Crippen molar-refractivity contribution in [2.24, 2.45) is 0 Å². The molecule has 32 heavy (non-hydrogen) atoms. The molecule has 1 aliphatic heterocycles. The Morgan fingerprint density at radius 3 is 2.31 bits per heavy atom. The summed E-state index contributed by atoms with van der Waals surface area (Å²) < 4.78 is 0. The number of carbonyl (C=O) groups is 2. The summed E-state index contributed by atoms with van der Waals surface area (Å²) in [5.41, 5.74) is -0.921. The van der Waals surface area contributed by atoms with E-state index in [4.69, 9.17) is 0 Å². The van der Waals surface area contributed by atoms with Gasteiger partial charge in [-0.05, 0) is 18.2 Å². The van der Waals surface area contributed by atoms with Gasteiger partial charge < -0.3 is 5.11 Å². The molecular weight excluding hydrogens is 440 g/mol. The summed E-state index contributed by atoms with van der Waals surface area (Å²) in [5, 5.41) is 35.2. The number of aliphatic hydroxyl groups excluding tert-OH is 1. The first kappa shape index (κ1) is 20.8. The molecule has 0 radical (unpaired) electrons. The van der Waals surface area contributed by atoms with E-state index in [1.165, 1.54) is 42.6 Å². The molecule has 0 aliphatic carbocycles. The highest BCUT2D eigenvalue weighted by Crippen LogP contribution is 2.45. The van der Waals surface area contributed by atoms with Crippen LogP contribution in [0.4, 0.5) is 16.5 Å². The van der Waals surface area contributed by atoms with E-state index in [1.807, 2.05) is 0 Å². The molecule has 160 valence electrons. The van der Waals surface area contributed by atoms with Gasteiger partial charge in [-0.2, -0.15) is 0 Å². The minimum atomic E-state index is -1.32. The van der Waals surface area contributed by atoms with Gasteiger partial charge in [-0.1, -0.05) is 12.1 Å². The molecule has 0 spiro atoms. The molecule has 1 atom stereocenters. The summed E-state index contributed by atoms with van der Waals surface area (Å²) in [6.45, 7) is 0. The van der Waals surface area contributed by atoms with Crippen molar-refractivity contribution in [3.63, 3.8) is 0 Å². The number of nitro benzene ring substituents is 2. The maximum Gasteiger partial charge on any atom is 0.301 e. The molecule has 0 bridgehead atoms. The first-order chi connectivity index (χ1) is 15.3. The van der Waals surface area contributed by atoms with Crippen LogP contribution < -0.4 is 4.90 Å². The fraction of sp³-hybridized carbons (Fsp3) is 0.0500. The van der Waals surface area contributed by atoms with E-state index in [2.05, 4.69) is 4.98 Å². The van der Waals surface area contributed by atoms with Crippen molar-refractivity contribution in [3.8, 4) is 0 Å². The number of aromatic nitrogens is 1. The fourth-order valence-corrected chi connectivity index (χ4v) is 4.11. The number of thiazole rings is 1. The van der Waals surface area contributed by atoms with Gasteiger partial charge >= 0.3 is 5.91 Å². The molecule has 1 aliphatic rings. The second kappa shape index (κ2) is 8.00. The van der Waals surface area contributed by atoms with E-state index in [0.29, 0.717) is 0 Å². The van der Waals surface area contributed by atoms with Crippen LogP contribution in [0.25, 0.3) is 5.76 Å². The minimum absolute atomic E-state index is 0.00959. The van der Waals surface area contributed by atoms with Crippen molar-refractivity contribution in [2.75, 3.05) is 4.90 Å². The van der Waals surface area contributed by atoms with Crippen LogP contribution in [0, 0.1) is 20.2 Å². The first-order valence-corrected chi connectivity index (χ1v) is 9.88. The smallest absolute Gasteiger partial charge is 0.301 e. The van der Waals surface area contributed by atoms with E-state index in [-0.39, 0.29) is 33.2 Å². The van der Waals surface area contributed by atoms with E-state index >= 15 is 0 Å². The number of benzene rings is 2. The Hall–Kier alpha value is -4.45. The maximum atomic E-state index is 13.0. The molecule has 1 aromatic heterocycles. The number of nitro groups is 2. The van der Waals surface area contributed by atoms with Crippen molar-refractivity contribution in [3.05, 3.63) is 97.0 Å². The van der Waals surface area contributed by atoms with E-state index in [0.717, 1.165) is 28.4 Å². The molecule has 0 unspecified atom stereocenters. The topological polar surface area (TPSA) is 157 Å². The molecule has 1 amide bonds. The third-order valence-electron chi connectivity index (χ3n) is 4.85. The lowest BCUT2D eigenvalue weighted by atomic mass is 9.94. The average Bonchev–Trinajstić information content (AvgIpc) is 3.40. The lowest BCUT2D eigenvalue weighted by Crippen LogP contribution is -2.29. The van der Waals surface area contributed by atoms with Crippen LogP contribution >= 0.6 is 11.3 Å². The number of para-hydroxylation sites is 1. The van der Waals surface area contributed by atoms with Gasteiger partial charge in [0.1, 0.15) is 11.8 Å². The molecule has 4 rings (SSSR count). The zero-order valence-corrected chi connectivity index (χ0v) is 16.8. The second-order valence-corrected chi connectivity index (χ2v) is 7.48. The Balaban J connectivity index is 1.96. The summed E-state index contributed by atoms with van der Waals surface area (Å²) in [5.74, 6) is -2.67. The number of aliphatic hydroxyl groups is 1. The zero-order valence-electron chi connectivity index (χ0n) is 15.9. The van der Waals surface area contributed by atoms with Gasteiger partial charge in [0.2, 0.25) is 0 Å². The molecule has 0 saturated carbocycles. The number of amides is 1. The number of non-ortho nitro benzene ring substituents is 1. The van der Waals surface area contributed by atoms with Crippen molar-refractivity contribution in [2.45, 2.75) is 6.04 Å². The van der Waals surface area contributed by atoms with Gasteiger partial charge in [0.05, 0.1) is 21.0 Å². The summed E-state index contributed by atoms with van der Waals surface area (Å²) in [7, 11) is 0. The summed E-state index contributed by atoms with van der Waals surface area (Å²) in [4.78, 5) is 52.2.